The first kappa shape index (κ1) is 10.5. The van der Waals surface area contributed by atoms with Crippen LogP contribution in [0, 0.1) is 5.82 Å². The molecule has 1 fully saturated rings. The highest BCUT2D eigenvalue weighted by atomic mass is 19.1. The Morgan fingerprint density at radius 1 is 1.33 bits per heavy atom. The van der Waals surface area contributed by atoms with E-state index in [1.54, 1.807) is 6.07 Å². The summed E-state index contributed by atoms with van der Waals surface area (Å²) in [4.78, 5) is 2.10. The summed E-state index contributed by atoms with van der Waals surface area (Å²) >= 11 is 0. The van der Waals surface area contributed by atoms with E-state index in [0.29, 0.717) is 13.2 Å². The summed E-state index contributed by atoms with van der Waals surface area (Å²) in [5.74, 6) is -0.240. The maximum Gasteiger partial charge on any atom is 0.123 e. The molecule has 82 valence electrons. The van der Waals surface area contributed by atoms with Crippen molar-refractivity contribution in [2.45, 2.75) is 6.17 Å². The second-order valence-corrected chi connectivity index (χ2v) is 3.65. The standard InChI is InChI=1S/C11H15FN2O/c12-10-3-1-2-9(8-10)11(13)14-4-6-15-7-5-14/h1-3,8,11H,4-7,13H2. The monoisotopic (exact) mass is 210 g/mol. The summed E-state index contributed by atoms with van der Waals surface area (Å²) in [6.45, 7) is 3.00. The Bertz CT molecular complexity index is 326. The molecule has 0 bridgehead atoms. The van der Waals surface area contributed by atoms with Crippen molar-refractivity contribution in [3.05, 3.63) is 35.6 Å². The lowest BCUT2D eigenvalue weighted by molar-refractivity contribution is 0.0173. The van der Waals surface area contributed by atoms with Gasteiger partial charge in [0.15, 0.2) is 0 Å². The Morgan fingerprint density at radius 3 is 2.73 bits per heavy atom. The number of hydrogen-bond acceptors (Lipinski definition) is 3. The third kappa shape index (κ3) is 2.53. The second-order valence-electron chi connectivity index (χ2n) is 3.65. The number of nitrogens with zero attached hydrogens (tertiary/aromatic N) is 1. The highest BCUT2D eigenvalue weighted by Crippen LogP contribution is 2.17. The molecule has 0 radical (unpaired) electrons. The SMILES string of the molecule is NC(c1cccc(F)c1)N1CCOCC1. The van der Waals surface area contributed by atoms with Crippen LogP contribution < -0.4 is 5.73 Å². The third-order valence-electron chi connectivity index (χ3n) is 2.63. The van der Waals surface area contributed by atoms with Gasteiger partial charge in [0.25, 0.3) is 0 Å². The van der Waals surface area contributed by atoms with Gasteiger partial charge in [-0.15, -0.1) is 0 Å². The van der Waals surface area contributed by atoms with Gasteiger partial charge in [0.1, 0.15) is 5.82 Å². The van der Waals surface area contributed by atoms with Crippen molar-refractivity contribution in [2.75, 3.05) is 26.3 Å². The molecule has 1 aromatic carbocycles. The van der Waals surface area contributed by atoms with Crippen molar-refractivity contribution in [1.29, 1.82) is 0 Å². The molecule has 1 atom stereocenters. The summed E-state index contributed by atoms with van der Waals surface area (Å²) in [5, 5.41) is 0. The van der Waals surface area contributed by atoms with E-state index in [2.05, 4.69) is 4.90 Å². The molecule has 1 aliphatic rings. The summed E-state index contributed by atoms with van der Waals surface area (Å²) < 4.78 is 18.2. The third-order valence-corrected chi connectivity index (χ3v) is 2.63. The molecule has 1 heterocycles. The van der Waals surface area contributed by atoms with E-state index in [9.17, 15) is 4.39 Å². The zero-order chi connectivity index (χ0) is 10.7. The smallest absolute Gasteiger partial charge is 0.123 e. The Morgan fingerprint density at radius 2 is 2.07 bits per heavy atom. The van der Waals surface area contributed by atoms with Crippen molar-refractivity contribution in [3.63, 3.8) is 0 Å². The van der Waals surface area contributed by atoms with E-state index < -0.39 is 0 Å². The van der Waals surface area contributed by atoms with Crippen LogP contribution in [-0.4, -0.2) is 31.2 Å². The van der Waals surface area contributed by atoms with E-state index in [-0.39, 0.29) is 12.0 Å². The first-order valence-corrected chi connectivity index (χ1v) is 5.10. The molecule has 2 rings (SSSR count). The topological polar surface area (TPSA) is 38.5 Å². The van der Waals surface area contributed by atoms with Crippen LogP contribution in [0.1, 0.15) is 11.7 Å². The van der Waals surface area contributed by atoms with Crippen molar-refractivity contribution < 1.29 is 9.13 Å². The average molecular weight is 210 g/mol. The van der Waals surface area contributed by atoms with Gasteiger partial charge in [-0.3, -0.25) is 4.90 Å². The van der Waals surface area contributed by atoms with Gasteiger partial charge in [0.05, 0.1) is 19.4 Å². The largest absolute Gasteiger partial charge is 0.379 e. The van der Waals surface area contributed by atoms with Crippen LogP contribution in [0.25, 0.3) is 0 Å². The Kier molecular flexibility index (Phi) is 3.30. The molecule has 2 N–H and O–H groups in total. The maximum atomic E-state index is 13.0. The van der Waals surface area contributed by atoms with Crippen LogP contribution in [0.4, 0.5) is 4.39 Å². The number of ether oxygens (including phenoxy) is 1. The fraction of sp³-hybridized carbons (Fsp3) is 0.455. The average Bonchev–Trinajstić information content (AvgIpc) is 2.29. The zero-order valence-electron chi connectivity index (χ0n) is 8.53. The molecule has 1 aromatic rings. The molecule has 1 aliphatic heterocycles. The van der Waals surface area contributed by atoms with Crippen molar-refractivity contribution in [1.82, 2.24) is 4.90 Å². The summed E-state index contributed by atoms with van der Waals surface area (Å²) in [6, 6.07) is 6.45. The molecule has 0 saturated carbocycles. The fourth-order valence-corrected chi connectivity index (χ4v) is 1.76. The maximum absolute atomic E-state index is 13.0. The van der Waals surface area contributed by atoms with E-state index in [0.717, 1.165) is 18.7 Å². The van der Waals surface area contributed by atoms with E-state index in [4.69, 9.17) is 10.5 Å². The van der Waals surface area contributed by atoms with Crippen molar-refractivity contribution in [2.24, 2.45) is 5.73 Å². The fourth-order valence-electron chi connectivity index (χ4n) is 1.76. The van der Waals surface area contributed by atoms with Crippen LogP contribution in [0.5, 0.6) is 0 Å². The molecule has 0 aromatic heterocycles. The van der Waals surface area contributed by atoms with Gasteiger partial charge >= 0.3 is 0 Å². The summed E-state index contributed by atoms with van der Waals surface area (Å²) in [5.41, 5.74) is 6.86. The van der Waals surface area contributed by atoms with Gasteiger partial charge in [-0.25, -0.2) is 4.39 Å². The number of hydrogen-bond donors (Lipinski definition) is 1. The molecule has 1 saturated heterocycles. The van der Waals surface area contributed by atoms with Crippen LogP contribution in [0.3, 0.4) is 0 Å². The van der Waals surface area contributed by atoms with Gasteiger partial charge in [-0.1, -0.05) is 12.1 Å². The normalized spacial score (nSPS) is 20.1. The van der Waals surface area contributed by atoms with Crippen LogP contribution >= 0.6 is 0 Å². The van der Waals surface area contributed by atoms with Crippen molar-refractivity contribution in [3.8, 4) is 0 Å². The lowest BCUT2D eigenvalue weighted by Crippen LogP contribution is -2.42. The minimum absolute atomic E-state index is 0.232. The summed E-state index contributed by atoms with van der Waals surface area (Å²) in [7, 11) is 0. The molecule has 4 heteroatoms. The highest BCUT2D eigenvalue weighted by Gasteiger charge is 2.18. The minimum Gasteiger partial charge on any atom is -0.379 e. The lowest BCUT2D eigenvalue weighted by atomic mass is 10.1. The molecule has 1 unspecified atom stereocenters. The Balaban J connectivity index is 2.08. The molecule has 3 nitrogen and oxygen atoms in total. The number of morpholine rings is 1. The predicted molar refractivity (Wildman–Crippen MR) is 55.7 cm³/mol. The number of halogens is 1. The second kappa shape index (κ2) is 4.70. The van der Waals surface area contributed by atoms with Gasteiger partial charge in [0, 0.05) is 13.1 Å². The lowest BCUT2D eigenvalue weighted by Gasteiger charge is -2.32. The van der Waals surface area contributed by atoms with Crippen LogP contribution in [0.15, 0.2) is 24.3 Å². The van der Waals surface area contributed by atoms with Crippen LogP contribution in [0.2, 0.25) is 0 Å². The predicted octanol–water partition coefficient (Wildman–Crippen LogP) is 1.12. The van der Waals surface area contributed by atoms with Crippen molar-refractivity contribution >= 4 is 0 Å². The first-order chi connectivity index (χ1) is 7.27. The number of nitrogens with two attached hydrogens (primary N) is 1. The molecule has 0 aliphatic carbocycles. The highest BCUT2D eigenvalue weighted by molar-refractivity contribution is 5.19. The van der Waals surface area contributed by atoms with E-state index in [1.807, 2.05) is 6.07 Å². The van der Waals surface area contributed by atoms with Crippen LogP contribution in [-0.2, 0) is 4.74 Å². The molecule has 15 heavy (non-hydrogen) atoms. The summed E-state index contributed by atoms with van der Waals surface area (Å²) in [6.07, 6.45) is -0.232. The number of rotatable bonds is 2. The van der Waals surface area contributed by atoms with Gasteiger partial charge in [0.2, 0.25) is 0 Å². The van der Waals surface area contributed by atoms with E-state index >= 15 is 0 Å². The van der Waals surface area contributed by atoms with Gasteiger partial charge in [-0.2, -0.15) is 0 Å². The van der Waals surface area contributed by atoms with Gasteiger partial charge in [-0.05, 0) is 17.7 Å². The van der Waals surface area contributed by atoms with E-state index in [1.165, 1.54) is 12.1 Å². The van der Waals surface area contributed by atoms with Gasteiger partial charge < -0.3 is 10.5 Å². The Hall–Kier alpha value is -0.970. The number of benzene rings is 1. The zero-order valence-corrected chi connectivity index (χ0v) is 8.53. The minimum atomic E-state index is -0.240. The molecular formula is C11H15FN2O. The quantitative estimate of drug-likeness (QED) is 0.794. The molecular weight excluding hydrogens is 195 g/mol. The molecule has 0 spiro atoms. The Labute approximate surface area is 88.6 Å². The first-order valence-electron chi connectivity index (χ1n) is 5.10. The molecule has 0 amide bonds.